The fourth-order valence-electron chi connectivity index (χ4n) is 3.57. The van der Waals surface area contributed by atoms with E-state index in [0.717, 1.165) is 13.1 Å². The van der Waals surface area contributed by atoms with Crippen molar-refractivity contribution < 1.29 is 18.7 Å². The minimum atomic E-state index is -0.753. The Kier molecular flexibility index (Phi) is 5.73. The maximum absolute atomic E-state index is 12.9. The van der Waals surface area contributed by atoms with E-state index >= 15 is 0 Å². The van der Waals surface area contributed by atoms with Crippen molar-refractivity contribution >= 4 is 17.6 Å². The monoisotopic (exact) mass is 364 g/mol. The minimum Gasteiger partial charge on any atom is -0.368 e. The zero-order valence-electron chi connectivity index (χ0n) is 14.9. The first-order chi connectivity index (χ1) is 12.5. The van der Waals surface area contributed by atoms with Gasteiger partial charge < -0.3 is 25.6 Å². The third kappa shape index (κ3) is 4.13. The zero-order valence-corrected chi connectivity index (χ0v) is 14.9. The van der Waals surface area contributed by atoms with E-state index in [1.165, 1.54) is 24.3 Å². The molecule has 0 aliphatic carbocycles. The Morgan fingerprint density at radius 2 is 1.96 bits per heavy atom. The predicted octanol–water partition coefficient (Wildman–Crippen LogP) is 1.32. The predicted molar refractivity (Wildman–Crippen MR) is 95.4 cm³/mol. The maximum Gasteiger partial charge on any atom is 0.319 e. The Morgan fingerprint density at radius 1 is 1.27 bits per heavy atom. The van der Waals surface area contributed by atoms with E-state index in [-0.39, 0.29) is 23.8 Å². The molecule has 3 amide bonds. The van der Waals surface area contributed by atoms with Gasteiger partial charge >= 0.3 is 6.03 Å². The number of halogens is 1. The molecule has 2 heterocycles. The van der Waals surface area contributed by atoms with Crippen molar-refractivity contribution in [2.75, 3.05) is 38.6 Å². The van der Waals surface area contributed by atoms with E-state index in [1.807, 2.05) is 0 Å². The Morgan fingerprint density at radius 3 is 2.62 bits per heavy atom. The number of benzene rings is 1. The molecule has 2 aliphatic rings. The molecule has 3 N–H and O–H groups in total. The standard InChI is InChI=1S/C18H25FN4O3/c1-26-18(7-9-20-10-8-18)16(24)23-11-6-15(12-23)22-17(25)21-14-4-2-13(19)3-5-14/h2-5,15,20H,6-12H2,1H3,(H2,21,22,25). The highest BCUT2D eigenvalue weighted by Gasteiger charge is 2.44. The van der Waals surface area contributed by atoms with Crippen LogP contribution in [0.4, 0.5) is 14.9 Å². The third-order valence-corrected chi connectivity index (χ3v) is 5.10. The molecule has 26 heavy (non-hydrogen) atoms. The molecule has 0 bridgehead atoms. The van der Waals surface area contributed by atoms with Crippen LogP contribution >= 0.6 is 0 Å². The van der Waals surface area contributed by atoms with Crippen molar-refractivity contribution in [1.29, 1.82) is 0 Å². The van der Waals surface area contributed by atoms with Gasteiger partial charge in [0.1, 0.15) is 11.4 Å². The molecule has 1 atom stereocenters. The van der Waals surface area contributed by atoms with Gasteiger partial charge in [0.25, 0.3) is 5.91 Å². The second-order valence-corrected chi connectivity index (χ2v) is 6.79. The average molecular weight is 364 g/mol. The lowest BCUT2D eigenvalue weighted by Gasteiger charge is -2.37. The summed E-state index contributed by atoms with van der Waals surface area (Å²) in [5.74, 6) is -0.351. The Bertz CT molecular complexity index is 646. The number of nitrogens with one attached hydrogen (secondary N) is 3. The number of anilines is 1. The number of piperidine rings is 1. The van der Waals surface area contributed by atoms with E-state index in [1.54, 1.807) is 12.0 Å². The van der Waals surface area contributed by atoms with Gasteiger partial charge in [-0.3, -0.25) is 4.79 Å². The molecule has 3 rings (SSSR count). The van der Waals surface area contributed by atoms with Crippen molar-refractivity contribution in [3.63, 3.8) is 0 Å². The molecule has 1 aromatic carbocycles. The number of hydrogen-bond donors (Lipinski definition) is 3. The highest BCUT2D eigenvalue weighted by molar-refractivity contribution is 5.90. The topological polar surface area (TPSA) is 82.7 Å². The largest absolute Gasteiger partial charge is 0.368 e. The van der Waals surface area contributed by atoms with Crippen molar-refractivity contribution in [3.05, 3.63) is 30.1 Å². The Hall–Kier alpha value is -2.19. The highest BCUT2D eigenvalue weighted by Crippen LogP contribution is 2.27. The van der Waals surface area contributed by atoms with Gasteiger partial charge in [0.2, 0.25) is 0 Å². The van der Waals surface area contributed by atoms with Crippen LogP contribution in [0, 0.1) is 5.82 Å². The van der Waals surface area contributed by atoms with Crippen LogP contribution in [-0.4, -0.2) is 61.8 Å². The van der Waals surface area contributed by atoms with E-state index in [2.05, 4.69) is 16.0 Å². The number of methoxy groups -OCH3 is 1. The summed E-state index contributed by atoms with van der Waals surface area (Å²) in [6.45, 7) is 2.58. The number of carbonyl (C=O) groups excluding carboxylic acids is 2. The molecule has 0 spiro atoms. The molecule has 8 heteroatoms. The summed E-state index contributed by atoms with van der Waals surface area (Å²) in [6.07, 6.45) is 2.00. The van der Waals surface area contributed by atoms with Crippen molar-refractivity contribution in [2.24, 2.45) is 0 Å². The van der Waals surface area contributed by atoms with Crippen molar-refractivity contribution in [3.8, 4) is 0 Å². The SMILES string of the molecule is COC1(C(=O)N2CCC(NC(=O)Nc3ccc(F)cc3)C2)CCNCC1. The number of amides is 3. The molecule has 1 aromatic rings. The molecule has 0 radical (unpaired) electrons. The molecule has 142 valence electrons. The highest BCUT2D eigenvalue weighted by atomic mass is 19.1. The van der Waals surface area contributed by atoms with Gasteiger partial charge in [0.15, 0.2) is 0 Å². The second kappa shape index (κ2) is 8.01. The number of nitrogens with zero attached hydrogens (tertiary/aromatic N) is 1. The van der Waals surface area contributed by atoms with Crippen molar-refractivity contribution in [2.45, 2.75) is 30.9 Å². The molecule has 7 nitrogen and oxygen atoms in total. The van der Waals surface area contributed by atoms with E-state index < -0.39 is 5.60 Å². The van der Waals surface area contributed by atoms with Crippen LogP contribution in [0.25, 0.3) is 0 Å². The maximum atomic E-state index is 12.9. The van der Waals surface area contributed by atoms with Gasteiger partial charge in [-0.15, -0.1) is 0 Å². The Balaban J connectivity index is 1.52. The van der Waals surface area contributed by atoms with Gasteiger partial charge in [0, 0.05) is 31.9 Å². The van der Waals surface area contributed by atoms with Gasteiger partial charge in [-0.25, -0.2) is 9.18 Å². The summed E-state index contributed by atoms with van der Waals surface area (Å²) in [6, 6.07) is 5.09. The number of ether oxygens (including phenoxy) is 1. The fourth-order valence-corrected chi connectivity index (χ4v) is 3.57. The molecular formula is C18H25FN4O3. The summed E-state index contributed by atoms with van der Waals surface area (Å²) < 4.78 is 18.5. The third-order valence-electron chi connectivity index (χ3n) is 5.10. The first kappa shape index (κ1) is 18.6. The summed E-state index contributed by atoms with van der Waals surface area (Å²) in [5, 5.41) is 8.78. The lowest BCUT2D eigenvalue weighted by atomic mass is 9.90. The van der Waals surface area contributed by atoms with E-state index in [4.69, 9.17) is 4.74 Å². The van der Waals surface area contributed by atoms with Crippen LogP contribution < -0.4 is 16.0 Å². The lowest BCUT2D eigenvalue weighted by molar-refractivity contribution is -0.157. The molecule has 0 saturated carbocycles. The number of urea groups is 1. The van der Waals surface area contributed by atoms with Crippen LogP contribution in [0.15, 0.2) is 24.3 Å². The second-order valence-electron chi connectivity index (χ2n) is 6.79. The molecule has 2 aliphatic heterocycles. The fraction of sp³-hybridized carbons (Fsp3) is 0.556. The van der Waals surface area contributed by atoms with E-state index in [0.29, 0.717) is 38.0 Å². The average Bonchev–Trinajstić information content (AvgIpc) is 3.11. The van der Waals surface area contributed by atoms with Crippen LogP contribution in [0.5, 0.6) is 0 Å². The summed E-state index contributed by atoms with van der Waals surface area (Å²) in [7, 11) is 1.59. The molecule has 1 unspecified atom stereocenters. The molecular weight excluding hydrogens is 339 g/mol. The Labute approximate surface area is 152 Å². The number of likely N-dealkylation sites (tertiary alicyclic amines) is 1. The van der Waals surface area contributed by atoms with Crippen LogP contribution in [0.2, 0.25) is 0 Å². The van der Waals surface area contributed by atoms with Gasteiger partial charge in [-0.1, -0.05) is 0 Å². The summed E-state index contributed by atoms with van der Waals surface area (Å²) in [5.41, 5.74) is -0.237. The normalized spacial score (nSPS) is 22.1. The smallest absolute Gasteiger partial charge is 0.319 e. The summed E-state index contributed by atoms with van der Waals surface area (Å²) in [4.78, 5) is 26.8. The van der Waals surface area contributed by atoms with Gasteiger partial charge in [-0.2, -0.15) is 0 Å². The number of hydrogen-bond acceptors (Lipinski definition) is 4. The van der Waals surface area contributed by atoms with E-state index in [9.17, 15) is 14.0 Å². The van der Waals surface area contributed by atoms with Gasteiger partial charge in [0.05, 0.1) is 0 Å². The summed E-state index contributed by atoms with van der Waals surface area (Å²) >= 11 is 0. The van der Waals surface area contributed by atoms with Crippen LogP contribution in [0.1, 0.15) is 19.3 Å². The van der Waals surface area contributed by atoms with Gasteiger partial charge in [-0.05, 0) is 56.6 Å². The first-order valence-electron chi connectivity index (χ1n) is 8.91. The minimum absolute atomic E-state index is 0.00439. The number of rotatable bonds is 4. The molecule has 2 fully saturated rings. The molecule has 0 aromatic heterocycles. The first-order valence-corrected chi connectivity index (χ1v) is 8.91. The van der Waals surface area contributed by atoms with Crippen LogP contribution in [0.3, 0.4) is 0 Å². The quantitative estimate of drug-likeness (QED) is 0.753. The van der Waals surface area contributed by atoms with Crippen LogP contribution in [-0.2, 0) is 9.53 Å². The lowest BCUT2D eigenvalue weighted by Crippen LogP contribution is -2.55. The zero-order chi connectivity index (χ0) is 18.6. The molecule has 2 saturated heterocycles. The van der Waals surface area contributed by atoms with Crippen molar-refractivity contribution in [1.82, 2.24) is 15.5 Å². The number of carbonyl (C=O) groups is 2.